The molecule has 2 N–H and O–H groups in total. The lowest BCUT2D eigenvalue weighted by Crippen LogP contribution is -2.49. The second kappa shape index (κ2) is 10.3. The zero-order valence-corrected chi connectivity index (χ0v) is 21.9. The van der Waals surface area contributed by atoms with E-state index in [1.165, 1.54) is 25.7 Å². The standard InChI is InChI=1S/C24H22ClF2N7O3S/c1-12-7-13(14-8-17(25)29-10-16(14)37-2)15(9-28-12)20(35)33-23-32-19-21(38-23)31-18(11-30-19)34-5-3-24(36,4-6-34)22(26)27/h7-11,22,36H,3-6H2,1-2H3,(H,30,32,33,35). The maximum Gasteiger partial charge on any atom is 0.266 e. The Morgan fingerprint density at radius 3 is 2.63 bits per heavy atom. The number of aromatic nitrogens is 5. The van der Waals surface area contributed by atoms with Crippen molar-refractivity contribution in [2.24, 2.45) is 0 Å². The maximum atomic E-state index is 13.3. The van der Waals surface area contributed by atoms with Gasteiger partial charge in [-0.05, 0) is 31.9 Å². The first-order chi connectivity index (χ1) is 18.2. The summed E-state index contributed by atoms with van der Waals surface area (Å²) >= 11 is 7.24. The Morgan fingerprint density at radius 1 is 1.16 bits per heavy atom. The quantitative estimate of drug-likeness (QED) is 0.330. The van der Waals surface area contributed by atoms with E-state index < -0.39 is 17.9 Å². The Labute approximate surface area is 224 Å². The number of methoxy groups -OCH3 is 1. The number of thiazole rings is 1. The van der Waals surface area contributed by atoms with Crippen LogP contribution in [0.2, 0.25) is 5.15 Å². The number of alkyl halides is 2. The summed E-state index contributed by atoms with van der Waals surface area (Å²) in [6.07, 6.45) is 1.50. The van der Waals surface area contributed by atoms with Crippen molar-refractivity contribution in [3.63, 3.8) is 0 Å². The van der Waals surface area contributed by atoms with E-state index in [0.717, 1.165) is 11.3 Å². The predicted octanol–water partition coefficient (Wildman–Crippen LogP) is 4.36. The zero-order chi connectivity index (χ0) is 27.0. The summed E-state index contributed by atoms with van der Waals surface area (Å²) in [5.74, 6) is 0.478. The van der Waals surface area contributed by atoms with Crippen LogP contribution in [0.1, 0.15) is 28.9 Å². The second-order valence-corrected chi connectivity index (χ2v) is 10.2. The number of piperidine rings is 1. The fourth-order valence-electron chi connectivity index (χ4n) is 4.18. The van der Waals surface area contributed by atoms with Crippen LogP contribution in [-0.2, 0) is 0 Å². The average molecular weight is 562 g/mol. The number of halogens is 3. The Morgan fingerprint density at radius 2 is 1.92 bits per heavy atom. The van der Waals surface area contributed by atoms with E-state index in [9.17, 15) is 18.7 Å². The molecule has 0 spiro atoms. The number of anilines is 2. The van der Waals surface area contributed by atoms with Crippen LogP contribution in [0, 0.1) is 6.92 Å². The molecule has 1 aliphatic rings. The minimum absolute atomic E-state index is 0.0746. The van der Waals surface area contributed by atoms with E-state index in [4.69, 9.17) is 16.3 Å². The Hall–Kier alpha value is -3.55. The summed E-state index contributed by atoms with van der Waals surface area (Å²) in [6.45, 7) is 2.24. The number of hydrogen-bond acceptors (Lipinski definition) is 10. The molecule has 14 heteroatoms. The van der Waals surface area contributed by atoms with Crippen LogP contribution in [0.15, 0.2) is 30.7 Å². The van der Waals surface area contributed by atoms with Gasteiger partial charge in [0.05, 0.1) is 25.1 Å². The molecule has 1 fully saturated rings. The summed E-state index contributed by atoms with van der Waals surface area (Å²) in [5, 5.41) is 13.3. The smallest absolute Gasteiger partial charge is 0.266 e. The number of carbonyl (C=O) groups excluding carboxylic acids is 1. The lowest BCUT2D eigenvalue weighted by Gasteiger charge is -2.37. The molecule has 0 aliphatic carbocycles. The van der Waals surface area contributed by atoms with Gasteiger partial charge >= 0.3 is 0 Å². The molecule has 0 unspecified atom stereocenters. The average Bonchev–Trinajstić information content (AvgIpc) is 3.30. The van der Waals surface area contributed by atoms with Crippen LogP contribution in [0.25, 0.3) is 21.6 Å². The van der Waals surface area contributed by atoms with Gasteiger partial charge < -0.3 is 14.7 Å². The van der Waals surface area contributed by atoms with Crippen molar-refractivity contribution in [1.29, 1.82) is 0 Å². The van der Waals surface area contributed by atoms with Gasteiger partial charge in [0, 0.05) is 36.1 Å². The molecule has 1 saturated heterocycles. The van der Waals surface area contributed by atoms with Crippen molar-refractivity contribution in [2.75, 3.05) is 30.4 Å². The number of hydrogen-bond donors (Lipinski definition) is 2. The zero-order valence-electron chi connectivity index (χ0n) is 20.3. The van der Waals surface area contributed by atoms with Gasteiger partial charge in [0.15, 0.2) is 15.6 Å². The summed E-state index contributed by atoms with van der Waals surface area (Å²) in [4.78, 5) is 37.1. The molecule has 0 bridgehead atoms. The SMILES string of the molecule is COc1cnc(Cl)cc1-c1cc(C)ncc1C(=O)Nc1nc2ncc(N3CCC(O)(C(F)F)CC3)nc2s1. The molecule has 4 aromatic heterocycles. The number of amides is 1. The van der Waals surface area contributed by atoms with Gasteiger partial charge in [0.2, 0.25) is 0 Å². The van der Waals surface area contributed by atoms with E-state index in [1.54, 1.807) is 24.0 Å². The number of rotatable bonds is 6. The molecule has 38 heavy (non-hydrogen) atoms. The predicted molar refractivity (Wildman–Crippen MR) is 139 cm³/mol. The minimum atomic E-state index is -2.80. The van der Waals surface area contributed by atoms with Crippen LogP contribution < -0.4 is 15.0 Å². The highest BCUT2D eigenvalue weighted by Crippen LogP contribution is 2.35. The third kappa shape index (κ3) is 5.08. The van der Waals surface area contributed by atoms with Crippen LogP contribution in [-0.4, -0.2) is 68.2 Å². The van der Waals surface area contributed by atoms with Crippen molar-refractivity contribution in [2.45, 2.75) is 31.8 Å². The fourth-order valence-corrected chi connectivity index (χ4v) is 5.12. The van der Waals surface area contributed by atoms with Gasteiger partial charge in [-0.15, -0.1) is 0 Å². The molecule has 5 heterocycles. The first-order valence-electron chi connectivity index (χ1n) is 11.5. The van der Waals surface area contributed by atoms with Crippen LogP contribution >= 0.6 is 22.9 Å². The molecule has 1 amide bonds. The number of nitrogens with zero attached hydrogens (tertiary/aromatic N) is 6. The highest BCUT2D eigenvalue weighted by molar-refractivity contribution is 7.21. The summed E-state index contributed by atoms with van der Waals surface area (Å²) in [5.41, 5.74) is 0.463. The first kappa shape index (κ1) is 26.1. The van der Waals surface area contributed by atoms with Gasteiger partial charge in [-0.3, -0.25) is 15.1 Å². The van der Waals surface area contributed by atoms with Crippen LogP contribution in [0.5, 0.6) is 5.75 Å². The highest BCUT2D eigenvalue weighted by Gasteiger charge is 2.41. The van der Waals surface area contributed by atoms with Gasteiger partial charge in [-0.1, -0.05) is 22.9 Å². The molecule has 1 aliphatic heterocycles. The van der Waals surface area contributed by atoms with E-state index in [-0.39, 0.29) is 41.8 Å². The molecule has 10 nitrogen and oxygen atoms in total. The molecular weight excluding hydrogens is 540 g/mol. The monoisotopic (exact) mass is 561 g/mol. The van der Waals surface area contributed by atoms with Gasteiger partial charge in [-0.25, -0.2) is 23.7 Å². The van der Waals surface area contributed by atoms with Crippen molar-refractivity contribution in [3.8, 4) is 16.9 Å². The van der Waals surface area contributed by atoms with E-state index >= 15 is 0 Å². The van der Waals surface area contributed by atoms with Crippen LogP contribution in [0.3, 0.4) is 0 Å². The normalized spacial score (nSPS) is 15.2. The number of carbonyl (C=O) groups is 1. The maximum absolute atomic E-state index is 13.3. The molecule has 0 radical (unpaired) electrons. The molecule has 0 atom stereocenters. The molecule has 198 valence electrons. The summed E-state index contributed by atoms with van der Waals surface area (Å²) < 4.78 is 31.6. The number of ether oxygens (including phenoxy) is 1. The molecule has 5 rings (SSSR count). The third-order valence-corrected chi connectivity index (χ3v) is 7.38. The highest BCUT2D eigenvalue weighted by atomic mass is 35.5. The number of aliphatic hydroxyl groups is 1. The number of fused-ring (bicyclic) bond motifs is 1. The van der Waals surface area contributed by atoms with E-state index in [0.29, 0.717) is 38.9 Å². The Bertz CT molecular complexity index is 1510. The van der Waals surface area contributed by atoms with Crippen molar-refractivity contribution >= 4 is 50.3 Å². The first-order valence-corrected chi connectivity index (χ1v) is 12.7. The second-order valence-electron chi connectivity index (χ2n) is 8.80. The van der Waals surface area contributed by atoms with Gasteiger partial charge in [0.1, 0.15) is 22.3 Å². The van der Waals surface area contributed by atoms with Crippen LogP contribution in [0.4, 0.5) is 19.7 Å². The fraction of sp³-hybridized carbons (Fsp3) is 0.333. The molecule has 0 saturated carbocycles. The summed E-state index contributed by atoms with van der Waals surface area (Å²) in [6, 6.07) is 3.37. The topological polar surface area (TPSA) is 126 Å². The van der Waals surface area contributed by atoms with Crippen molar-refractivity contribution in [1.82, 2.24) is 24.9 Å². The molecule has 4 aromatic rings. The van der Waals surface area contributed by atoms with Gasteiger partial charge in [0.25, 0.3) is 12.3 Å². The Kier molecular flexibility index (Phi) is 7.07. The lowest BCUT2D eigenvalue weighted by molar-refractivity contribution is -0.109. The Balaban J connectivity index is 1.39. The van der Waals surface area contributed by atoms with Crippen molar-refractivity contribution in [3.05, 3.63) is 47.1 Å². The third-order valence-electron chi connectivity index (χ3n) is 6.32. The summed E-state index contributed by atoms with van der Waals surface area (Å²) in [7, 11) is 1.50. The largest absolute Gasteiger partial charge is 0.494 e. The number of nitrogens with one attached hydrogen (secondary N) is 1. The minimum Gasteiger partial charge on any atom is -0.494 e. The number of pyridine rings is 2. The van der Waals surface area contributed by atoms with E-state index in [1.807, 2.05) is 0 Å². The molecular formula is C24H22ClF2N7O3S. The lowest BCUT2D eigenvalue weighted by atomic mass is 9.92. The van der Waals surface area contributed by atoms with E-state index in [2.05, 4.69) is 30.2 Å². The van der Waals surface area contributed by atoms with Crippen molar-refractivity contribution < 1.29 is 23.4 Å². The number of aryl methyl sites for hydroxylation is 1. The van der Waals surface area contributed by atoms with Gasteiger partial charge in [-0.2, -0.15) is 4.98 Å². The molecule has 0 aromatic carbocycles.